The zero-order valence-corrected chi connectivity index (χ0v) is 17.8. The van der Waals surface area contributed by atoms with Gasteiger partial charge in [-0.25, -0.2) is 9.97 Å². The van der Waals surface area contributed by atoms with Crippen molar-refractivity contribution in [2.45, 2.75) is 25.0 Å². The highest BCUT2D eigenvalue weighted by molar-refractivity contribution is 5.85. The number of aliphatic hydroxyl groups is 1. The predicted octanol–water partition coefficient (Wildman–Crippen LogP) is 0.676. The lowest BCUT2D eigenvalue weighted by Gasteiger charge is -2.25. The van der Waals surface area contributed by atoms with Crippen LogP contribution in [0.25, 0.3) is 5.95 Å². The third-order valence-electron chi connectivity index (χ3n) is 5.87. The molecule has 10 nitrogen and oxygen atoms in total. The minimum Gasteiger partial charge on any atom is -0.486 e. The van der Waals surface area contributed by atoms with Gasteiger partial charge in [-0.3, -0.25) is 13.9 Å². The van der Waals surface area contributed by atoms with Crippen molar-refractivity contribution >= 4 is 11.7 Å². The Balaban J connectivity index is 1.24. The molecule has 0 aliphatic carbocycles. The van der Waals surface area contributed by atoms with Gasteiger partial charge in [-0.1, -0.05) is 6.07 Å². The Labute approximate surface area is 185 Å². The number of aliphatic hydroxyl groups excluding tert-OH is 1. The topological polar surface area (TPSA) is 107 Å². The molecule has 0 saturated carbocycles. The van der Waals surface area contributed by atoms with E-state index in [1.165, 1.54) is 0 Å². The van der Waals surface area contributed by atoms with E-state index < -0.39 is 12.1 Å². The number of aromatic nitrogens is 4. The first-order valence-electron chi connectivity index (χ1n) is 10.7. The summed E-state index contributed by atoms with van der Waals surface area (Å²) in [5.41, 5.74) is 1.06. The molecule has 2 aliphatic heterocycles. The minimum atomic E-state index is -0.574. The Hall–Kier alpha value is -3.53. The quantitative estimate of drug-likeness (QED) is 0.583. The lowest BCUT2D eigenvalue weighted by molar-refractivity contribution is -0.122. The van der Waals surface area contributed by atoms with Gasteiger partial charge >= 0.3 is 0 Å². The second kappa shape index (κ2) is 8.54. The van der Waals surface area contributed by atoms with E-state index in [4.69, 9.17) is 9.47 Å². The van der Waals surface area contributed by atoms with E-state index in [-0.39, 0.29) is 5.91 Å². The van der Waals surface area contributed by atoms with Gasteiger partial charge in [-0.2, -0.15) is 0 Å². The van der Waals surface area contributed by atoms with Gasteiger partial charge in [-0.15, -0.1) is 0 Å². The van der Waals surface area contributed by atoms with E-state index in [0.29, 0.717) is 45.1 Å². The summed E-state index contributed by atoms with van der Waals surface area (Å²) in [7, 11) is 1.89. The van der Waals surface area contributed by atoms with Gasteiger partial charge in [0.25, 0.3) is 0 Å². The average molecular weight is 438 g/mol. The molecule has 0 radical (unpaired) electrons. The zero-order valence-electron chi connectivity index (χ0n) is 17.8. The van der Waals surface area contributed by atoms with Crippen molar-refractivity contribution in [1.29, 1.82) is 0 Å². The highest BCUT2D eigenvalue weighted by atomic mass is 16.6. The highest BCUT2D eigenvalue weighted by Crippen LogP contribution is 2.31. The Morgan fingerprint density at radius 1 is 1.28 bits per heavy atom. The number of nitrogens with zero attached hydrogens (tertiary/aromatic N) is 5. The Morgan fingerprint density at radius 2 is 2.12 bits per heavy atom. The summed E-state index contributed by atoms with van der Waals surface area (Å²) < 4.78 is 14.9. The van der Waals surface area contributed by atoms with Gasteiger partial charge in [0.1, 0.15) is 31.4 Å². The summed E-state index contributed by atoms with van der Waals surface area (Å²) in [5, 5.41) is 13.3. The number of amides is 1. The number of rotatable bonds is 6. The van der Waals surface area contributed by atoms with Crippen molar-refractivity contribution in [3.63, 3.8) is 0 Å². The van der Waals surface area contributed by atoms with Crippen LogP contribution in [0.1, 0.15) is 12.0 Å². The summed E-state index contributed by atoms with van der Waals surface area (Å²) in [6.45, 7) is 1.98. The predicted molar refractivity (Wildman–Crippen MR) is 116 cm³/mol. The normalized spacial score (nSPS) is 19.9. The molecular weight excluding hydrogens is 412 g/mol. The maximum atomic E-state index is 13.0. The SMILES string of the molecule is Cn1c(N2CC(O)CC2C(=O)NCCc2ccc3c(c2)OCCO3)cnc1-n1ccnc1. The van der Waals surface area contributed by atoms with E-state index in [2.05, 4.69) is 15.3 Å². The van der Waals surface area contributed by atoms with Crippen LogP contribution in [-0.4, -0.2) is 68.6 Å². The van der Waals surface area contributed by atoms with Gasteiger partial charge in [-0.05, 0) is 24.1 Å². The number of nitrogens with one attached hydrogen (secondary N) is 1. The Bertz CT molecular complexity index is 1100. The van der Waals surface area contributed by atoms with Crippen molar-refractivity contribution < 1.29 is 19.4 Å². The molecule has 2 unspecified atom stereocenters. The van der Waals surface area contributed by atoms with Gasteiger partial charge in [0.2, 0.25) is 11.9 Å². The second-order valence-corrected chi connectivity index (χ2v) is 8.02. The molecule has 2 aromatic heterocycles. The van der Waals surface area contributed by atoms with Crippen LogP contribution >= 0.6 is 0 Å². The van der Waals surface area contributed by atoms with Gasteiger partial charge in [0, 0.05) is 39.0 Å². The zero-order chi connectivity index (χ0) is 22.1. The Morgan fingerprint density at radius 3 is 2.94 bits per heavy atom. The van der Waals surface area contributed by atoms with Crippen LogP contribution in [0.4, 0.5) is 5.82 Å². The van der Waals surface area contributed by atoms with Crippen molar-refractivity contribution in [3.05, 3.63) is 48.7 Å². The van der Waals surface area contributed by atoms with Crippen LogP contribution < -0.4 is 19.7 Å². The summed E-state index contributed by atoms with van der Waals surface area (Å²) >= 11 is 0. The van der Waals surface area contributed by atoms with E-state index >= 15 is 0 Å². The van der Waals surface area contributed by atoms with Crippen molar-refractivity contribution in [2.75, 3.05) is 31.2 Å². The maximum Gasteiger partial charge on any atom is 0.242 e. The number of anilines is 1. The van der Waals surface area contributed by atoms with Crippen LogP contribution in [0, 0.1) is 0 Å². The van der Waals surface area contributed by atoms with Gasteiger partial charge in [0.15, 0.2) is 11.5 Å². The standard InChI is InChI=1S/C22H26N6O4/c1-26-20(12-25-22(26)27-7-6-23-14-27)28-13-16(29)11-17(28)21(30)24-5-4-15-2-3-18-19(10-15)32-9-8-31-18/h2-3,6-7,10,12,14,16-17,29H,4-5,8-9,11,13H2,1H3,(H,24,30). The number of imidazole rings is 2. The molecule has 168 valence electrons. The molecule has 0 bridgehead atoms. The van der Waals surface area contributed by atoms with Crippen LogP contribution in [0.5, 0.6) is 11.5 Å². The molecule has 2 aliphatic rings. The van der Waals surface area contributed by atoms with Crippen LogP contribution in [0.3, 0.4) is 0 Å². The summed E-state index contributed by atoms with van der Waals surface area (Å²) in [4.78, 5) is 23.4. The number of fused-ring (bicyclic) bond motifs is 1. The number of β-amino-alcohol motifs (C(OH)–C–C–N with tert-alkyl or cyclic N) is 1. The lowest BCUT2D eigenvalue weighted by Crippen LogP contribution is -2.44. The van der Waals surface area contributed by atoms with Crippen molar-refractivity contribution in [3.8, 4) is 17.4 Å². The fourth-order valence-electron chi connectivity index (χ4n) is 4.28. The molecule has 1 saturated heterocycles. The van der Waals surface area contributed by atoms with Crippen LogP contribution in [0.15, 0.2) is 43.1 Å². The molecule has 5 rings (SSSR count). The largest absolute Gasteiger partial charge is 0.486 e. The molecular formula is C22H26N6O4. The summed E-state index contributed by atoms with van der Waals surface area (Å²) in [6.07, 6.45) is 7.37. The van der Waals surface area contributed by atoms with Crippen LogP contribution in [0.2, 0.25) is 0 Å². The minimum absolute atomic E-state index is 0.107. The van der Waals surface area contributed by atoms with Crippen LogP contribution in [-0.2, 0) is 18.3 Å². The molecule has 2 atom stereocenters. The number of hydrogen-bond donors (Lipinski definition) is 2. The number of carbonyl (C=O) groups is 1. The second-order valence-electron chi connectivity index (χ2n) is 8.02. The molecule has 10 heteroatoms. The third-order valence-corrected chi connectivity index (χ3v) is 5.87. The molecule has 1 amide bonds. The number of benzene rings is 1. The van der Waals surface area contributed by atoms with E-state index in [1.54, 1.807) is 23.3 Å². The van der Waals surface area contributed by atoms with E-state index in [1.807, 2.05) is 40.9 Å². The summed E-state index contributed by atoms with van der Waals surface area (Å²) in [5.74, 6) is 2.86. The fourth-order valence-corrected chi connectivity index (χ4v) is 4.28. The van der Waals surface area contributed by atoms with Gasteiger partial charge < -0.3 is 24.8 Å². The fraction of sp³-hybridized carbons (Fsp3) is 0.409. The monoisotopic (exact) mass is 438 g/mol. The van der Waals surface area contributed by atoms with Crippen molar-refractivity contribution in [2.24, 2.45) is 7.05 Å². The molecule has 2 N–H and O–H groups in total. The molecule has 3 aromatic rings. The van der Waals surface area contributed by atoms with Gasteiger partial charge in [0.05, 0.1) is 12.3 Å². The average Bonchev–Trinajstić information content (AvgIpc) is 3.53. The number of ether oxygens (including phenoxy) is 2. The Kier molecular flexibility index (Phi) is 5.44. The highest BCUT2D eigenvalue weighted by Gasteiger charge is 2.37. The third kappa shape index (κ3) is 3.89. The molecule has 32 heavy (non-hydrogen) atoms. The van der Waals surface area contributed by atoms with E-state index in [0.717, 1.165) is 22.9 Å². The summed E-state index contributed by atoms with van der Waals surface area (Å²) in [6, 6.07) is 5.38. The maximum absolute atomic E-state index is 13.0. The molecule has 0 spiro atoms. The number of hydrogen-bond acceptors (Lipinski definition) is 7. The first-order chi connectivity index (χ1) is 15.6. The lowest BCUT2D eigenvalue weighted by atomic mass is 10.1. The smallest absolute Gasteiger partial charge is 0.242 e. The molecule has 4 heterocycles. The molecule has 1 aromatic carbocycles. The van der Waals surface area contributed by atoms with E-state index in [9.17, 15) is 9.90 Å². The van der Waals surface area contributed by atoms with Crippen molar-refractivity contribution in [1.82, 2.24) is 24.4 Å². The molecule has 1 fully saturated rings. The first-order valence-corrected chi connectivity index (χ1v) is 10.7. The first kappa shape index (κ1) is 20.4. The number of carbonyl (C=O) groups excluding carboxylic acids is 1.